The first-order chi connectivity index (χ1) is 19.1. The van der Waals surface area contributed by atoms with Crippen LogP contribution in [0.2, 0.25) is 10.0 Å². The number of hydrogen-bond donors (Lipinski definition) is 1. The summed E-state index contributed by atoms with van der Waals surface area (Å²) >= 11 is 12.3. The van der Waals surface area contributed by atoms with E-state index in [0.717, 1.165) is 9.87 Å². The smallest absolute Gasteiger partial charge is 0.264 e. The van der Waals surface area contributed by atoms with Gasteiger partial charge in [0.2, 0.25) is 11.8 Å². The van der Waals surface area contributed by atoms with Crippen molar-refractivity contribution < 1.29 is 22.7 Å². The molecule has 3 rings (SSSR count). The number of methoxy groups -OCH3 is 1. The fourth-order valence-electron chi connectivity index (χ4n) is 4.02. The van der Waals surface area contributed by atoms with E-state index in [2.05, 4.69) is 5.32 Å². The van der Waals surface area contributed by atoms with Gasteiger partial charge in [0.25, 0.3) is 10.0 Å². The van der Waals surface area contributed by atoms with Crippen molar-refractivity contribution >= 4 is 50.7 Å². The van der Waals surface area contributed by atoms with Crippen LogP contribution in [0.1, 0.15) is 38.8 Å². The summed E-state index contributed by atoms with van der Waals surface area (Å²) in [5.74, 6) is -0.559. The molecule has 0 fully saturated rings. The minimum absolute atomic E-state index is 0.00895. The molecule has 0 spiro atoms. The van der Waals surface area contributed by atoms with Gasteiger partial charge in [0.1, 0.15) is 18.3 Å². The second-order valence-corrected chi connectivity index (χ2v) is 13.4. The van der Waals surface area contributed by atoms with Crippen molar-refractivity contribution in [2.45, 2.75) is 57.6 Å². The van der Waals surface area contributed by atoms with Gasteiger partial charge in [0.15, 0.2) is 0 Å². The topological polar surface area (TPSA) is 96.0 Å². The maximum absolute atomic E-state index is 14.0. The Morgan fingerprint density at radius 2 is 1.63 bits per heavy atom. The Morgan fingerprint density at radius 3 is 2.22 bits per heavy atom. The van der Waals surface area contributed by atoms with E-state index in [1.807, 2.05) is 27.7 Å². The molecule has 1 N–H and O–H groups in total. The second-order valence-electron chi connectivity index (χ2n) is 10.7. The SMILES string of the molecule is COc1cccc(N(CC(=O)N(Cc2ccc(Cl)c(Cl)c2)[C@@H](C)C(=O)NC(C)(C)C)S(=O)(=O)c2ccc(C)cc2)c1. The average molecular weight is 621 g/mol. The van der Waals surface area contributed by atoms with E-state index in [1.165, 1.54) is 30.2 Å². The average Bonchev–Trinajstić information content (AvgIpc) is 2.91. The third-order valence-corrected chi connectivity index (χ3v) is 8.76. The Kier molecular flexibility index (Phi) is 10.3. The zero-order chi connectivity index (χ0) is 30.5. The van der Waals surface area contributed by atoms with Gasteiger partial charge >= 0.3 is 0 Å². The maximum Gasteiger partial charge on any atom is 0.264 e. The van der Waals surface area contributed by atoms with Gasteiger partial charge in [-0.15, -0.1) is 0 Å². The number of nitrogens with one attached hydrogen (secondary N) is 1. The second kappa shape index (κ2) is 13.1. The standard InChI is InChI=1S/C30H35Cl2N3O5S/c1-20-10-13-25(14-11-20)41(38,39)35(23-8-7-9-24(17-23)40-6)19-28(36)34(21(2)29(37)33-30(3,4)5)18-22-12-15-26(31)27(32)16-22/h7-17,21H,18-19H2,1-6H3,(H,33,37)/t21-/m0/s1. The molecule has 8 nitrogen and oxygen atoms in total. The van der Waals surface area contributed by atoms with Gasteiger partial charge in [0.05, 0.1) is 27.7 Å². The number of carbonyl (C=O) groups is 2. The van der Waals surface area contributed by atoms with Crippen molar-refractivity contribution in [3.63, 3.8) is 0 Å². The summed E-state index contributed by atoms with van der Waals surface area (Å²) in [6.07, 6.45) is 0. The van der Waals surface area contributed by atoms with Crippen molar-refractivity contribution in [2.75, 3.05) is 18.0 Å². The summed E-state index contributed by atoms with van der Waals surface area (Å²) in [7, 11) is -2.72. The minimum Gasteiger partial charge on any atom is -0.497 e. The Bertz CT molecular complexity index is 1510. The van der Waals surface area contributed by atoms with Crippen LogP contribution >= 0.6 is 23.2 Å². The van der Waals surface area contributed by atoms with Crippen LogP contribution in [0.5, 0.6) is 5.75 Å². The minimum atomic E-state index is -4.19. The Hall–Kier alpha value is -3.27. The molecular formula is C30H35Cl2N3O5S. The highest BCUT2D eigenvalue weighted by Gasteiger charge is 2.33. The van der Waals surface area contributed by atoms with Crippen LogP contribution in [0.4, 0.5) is 5.69 Å². The monoisotopic (exact) mass is 619 g/mol. The van der Waals surface area contributed by atoms with Crippen LogP contribution in [-0.4, -0.2) is 50.4 Å². The number of benzene rings is 3. The molecule has 0 unspecified atom stereocenters. The van der Waals surface area contributed by atoms with E-state index in [9.17, 15) is 18.0 Å². The lowest BCUT2D eigenvalue weighted by atomic mass is 10.1. The zero-order valence-corrected chi connectivity index (χ0v) is 26.3. The number of amides is 2. The molecule has 0 heterocycles. The quantitative estimate of drug-likeness (QED) is 0.308. The van der Waals surface area contributed by atoms with Crippen LogP contribution in [-0.2, 0) is 26.2 Å². The van der Waals surface area contributed by atoms with Crippen molar-refractivity contribution in [1.82, 2.24) is 10.2 Å². The third-order valence-electron chi connectivity index (χ3n) is 6.23. The normalized spacial score (nSPS) is 12.4. The van der Waals surface area contributed by atoms with E-state index in [1.54, 1.807) is 55.5 Å². The van der Waals surface area contributed by atoms with Gasteiger partial charge in [-0.3, -0.25) is 13.9 Å². The lowest BCUT2D eigenvalue weighted by Gasteiger charge is -2.33. The summed E-state index contributed by atoms with van der Waals surface area (Å²) in [6, 6.07) is 16.8. The Morgan fingerprint density at radius 1 is 0.976 bits per heavy atom. The van der Waals surface area contributed by atoms with Gasteiger partial charge in [-0.1, -0.05) is 53.0 Å². The zero-order valence-electron chi connectivity index (χ0n) is 23.9. The Balaban J connectivity index is 2.07. The lowest BCUT2D eigenvalue weighted by molar-refractivity contribution is -0.140. The highest BCUT2D eigenvalue weighted by molar-refractivity contribution is 7.92. The molecule has 11 heteroatoms. The molecule has 0 aliphatic heterocycles. The highest BCUT2D eigenvalue weighted by Crippen LogP contribution is 2.28. The summed E-state index contributed by atoms with van der Waals surface area (Å²) in [6.45, 7) is 8.37. The molecule has 1 atom stereocenters. The molecule has 0 aliphatic rings. The van der Waals surface area contributed by atoms with Crippen molar-refractivity contribution in [2.24, 2.45) is 0 Å². The number of sulfonamides is 1. The van der Waals surface area contributed by atoms with Crippen LogP contribution in [0.3, 0.4) is 0 Å². The fourth-order valence-corrected chi connectivity index (χ4v) is 5.75. The van der Waals surface area contributed by atoms with E-state index in [-0.39, 0.29) is 23.0 Å². The third kappa shape index (κ3) is 8.38. The largest absolute Gasteiger partial charge is 0.497 e. The molecule has 0 saturated carbocycles. The summed E-state index contributed by atoms with van der Waals surface area (Å²) in [5, 5.41) is 3.54. The Labute approximate surface area is 252 Å². The van der Waals surface area contributed by atoms with Crippen molar-refractivity contribution in [1.29, 1.82) is 0 Å². The molecule has 0 aromatic heterocycles. The van der Waals surface area contributed by atoms with Crippen molar-refractivity contribution in [3.05, 3.63) is 87.9 Å². The summed E-state index contributed by atoms with van der Waals surface area (Å²) in [4.78, 5) is 28.6. The maximum atomic E-state index is 14.0. The number of ether oxygens (including phenoxy) is 1. The van der Waals surface area contributed by atoms with E-state index >= 15 is 0 Å². The predicted octanol–water partition coefficient (Wildman–Crippen LogP) is 5.84. The highest BCUT2D eigenvalue weighted by atomic mass is 35.5. The number of hydrogen-bond acceptors (Lipinski definition) is 5. The number of carbonyl (C=O) groups excluding carboxylic acids is 2. The van der Waals surface area contributed by atoms with Gasteiger partial charge in [-0.25, -0.2) is 8.42 Å². The summed E-state index contributed by atoms with van der Waals surface area (Å²) in [5.41, 5.74) is 1.20. The van der Waals surface area contributed by atoms with E-state index in [0.29, 0.717) is 21.4 Å². The molecule has 41 heavy (non-hydrogen) atoms. The number of halogens is 2. The van der Waals surface area contributed by atoms with E-state index in [4.69, 9.17) is 27.9 Å². The van der Waals surface area contributed by atoms with Gasteiger partial charge in [0, 0.05) is 18.2 Å². The molecule has 3 aromatic rings. The number of rotatable bonds is 10. The molecule has 0 bridgehead atoms. The molecule has 220 valence electrons. The number of nitrogens with zero attached hydrogens (tertiary/aromatic N) is 2. The van der Waals surface area contributed by atoms with Gasteiger partial charge in [-0.2, -0.15) is 0 Å². The number of aryl methyl sites for hydroxylation is 1. The van der Waals surface area contributed by atoms with Gasteiger partial charge in [-0.05, 0) is 76.6 Å². The van der Waals surface area contributed by atoms with Crippen LogP contribution in [0.15, 0.2) is 71.6 Å². The summed E-state index contributed by atoms with van der Waals surface area (Å²) < 4.78 is 34.2. The van der Waals surface area contributed by atoms with Gasteiger partial charge < -0.3 is 15.0 Å². The lowest BCUT2D eigenvalue weighted by Crippen LogP contribution is -2.54. The molecule has 3 aromatic carbocycles. The van der Waals surface area contributed by atoms with Crippen LogP contribution in [0.25, 0.3) is 0 Å². The van der Waals surface area contributed by atoms with E-state index < -0.39 is 34.1 Å². The molecule has 0 radical (unpaired) electrons. The number of anilines is 1. The van der Waals surface area contributed by atoms with Crippen molar-refractivity contribution in [3.8, 4) is 5.75 Å². The molecule has 0 saturated heterocycles. The molecular weight excluding hydrogens is 585 g/mol. The molecule has 2 amide bonds. The first-order valence-corrected chi connectivity index (χ1v) is 15.1. The molecule has 0 aliphatic carbocycles. The van der Waals surface area contributed by atoms with Crippen LogP contribution in [0, 0.1) is 6.92 Å². The fraction of sp³-hybridized carbons (Fsp3) is 0.333. The first-order valence-electron chi connectivity index (χ1n) is 12.9. The predicted molar refractivity (Wildman–Crippen MR) is 163 cm³/mol. The van der Waals surface area contributed by atoms with Crippen LogP contribution < -0.4 is 14.4 Å². The first kappa shape index (κ1) is 32.2.